The molecule has 0 saturated heterocycles. The second-order valence-electron chi connectivity index (χ2n) is 5.70. The number of fused-ring (bicyclic) bond motifs is 1. The Labute approximate surface area is 153 Å². The first-order chi connectivity index (χ1) is 13.2. The molecule has 0 aliphatic rings. The number of hydrogen-bond acceptors (Lipinski definition) is 5. The van der Waals surface area contributed by atoms with E-state index in [9.17, 15) is 9.59 Å². The average Bonchev–Trinajstić information content (AvgIpc) is 3.13. The van der Waals surface area contributed by atoms with Crippen LogP contribution >= 0.6 is 0 Å². The summed E-state index contributed by atoms with van der Waals surface area (Å²) < 4.78 is 0. The number of anilines is 2. The van der Waals surface area contributed by atoms with Crippen molar-refractivity contribution in [2.75, 3.05) is 10.6 Å². The van der Waals surface area contributed by atoms with Crippen LogP contribution in [0.3, 0.4) is 0 Å². The van der Waals surface area contributed by atoms with Crippen LogP contribution in [0.25, 0.3) is 22.4 Å². The summed E-state index contributed by atoms with van der Waals surface area (Å²) >= 11 is 0. The number of pyridine rings is 2. The Morgan fingerprint density at radius 1 is 1.07 bits per heavy atom. The molecule has 132 valence electrons. The minimum absolute atomic E-state index is 0.199. The molecule has 0 bridgehead atoms. The Kier molecular flexibility index (Phi) is 4.28. The lowest BCUT2D eigenvalue weighted by atomic mass is 10.2. The molecule has 1 aromatic carbocycles. The van der Waals surface area contributed by atoms with Crippen molar-refractivity contribution in [1.29, 1.82) is 0 Å². The highest BCUT2D eigenvalue weighted by Gasteiger charge is 2.09. The second kappa shape index (κ2) is 7.04. The van der Waals surface area contributed by atoms with E-state index < -0.39 is 0 Å². The molecule has 3 heterocycles. The van der Waals surface area contributed by atoms with Gasteiger partial charge in [0.1, 0.15) is 11.6 Å². The topological polar surface area (TPSA) is 113 Å². The monoisotopic (exact) mass is 358 g/mol. The quantitative estimate of drug-likeness (QED) is 0.475. The number of aromatic nitrogens is 4. The van der Waals surface area contributed by atoms with E-state index in [1.807, 2.05) is 12.1 Å². The second-order valence-corrected chi connectivity index (χ2v) is 5.70. The van der Waals surface area contributed by atoms with Crippen molar-refractivity contribution < 1.29 is 9.59 Å². The van der Waals surface area contributed by atoms with Crippen molar-refractivity contribution in [3.05, 3.63) is 66.6 Å². The van der Waals surface area contributed by atoms with Crippen LogP contribution in [0.5, 0.6) is 0 Å². The number of H-pyrrole nitrogens is 1. The van der Waals surface area contributed by atoms with Gasteiger partial charge in [0.05, 0.1) is 17.2 Å². The standard InChI is InChI=1S/C19H14N6O2/c26-11-22-17-9-15-16(10-21-17)25-18(24-15)12-1-3-14(4-2-12)23-19(27)13-5-7-20-8-6-13/h1-11H,(H,23,27)(H,24,25)(H,21,22,26). The smallest absolute Gasteiger partial charge is 0.255 e. The molecule has 0 spiro atoms. The van der Waals surface area contributed by atoms with Gasteiger partial charge in [-0.15, -0.1) is 0 Å². The number of carbonyl (C=O) groups excluding carboxylic acids is 2. The van der Waals surface area contributed by atoms with Gasteiger partial charge in [0.2, 0.25) is 6.41 Å². The van der Waals surface area contributed by atoms with Crippen LogP contribution < -0.4 is 10.6 Å². The number of benzene rings is 1. The lowest BCUT2D eigenvalue weighted by Gasteiger charge is -2.05. The van der Waals surface area contributed by atoms with Crippen LogP contribution in [0.15, 0.2) is 61.1 Å². The lowest BCUT2D eigenvalue weighted by molar-refractivity contribution is -0.105. The summed E-state index contributed by atoms with van der Waals surface area (Å²) in [4.78, 5) is 38.4. The van der Waals surface area contributed by atoms with E-state index in [2.05, 4.69) is 30.6 Å². The zero-order valence-electron chi connectivity index (χ0n) is 14.0. The minimum Gasteiger partial charge on any atom is -0.337 e. The summed E-state index contributed by atoms with van der Waals surface area (Å²) in [5.74, 6) is 0.905. The van der Waals surface area contributed by atoms with Crippen molar-refractivity contribution in [3.63, 3.8) is 0 Å². The van der Waals surface area contributed by atoms with Crippen molar-refractivity contribution in [2.24, 2.45) is 0 Å². The highest BCUT2D eigenvalue weighted by Crippen LogP contribution is 2.23. The van der Waals surface area contributed by atoms with E-state index in [1.54, 1.807) is 48.9 Å². The van der Waals surface area contributed by atoms with E-state index in [1.165, 1.54) is 0 Å². The zero-order valence-corrected chi connectivity index (χ0v) is 14.0. The maximum Gasteiger partial charge on any atom is 0.255 e. The van der Waals surface area contributed by atoms with Gasteiger partial charge >= 0.3 is 0 Å². The molecule has 8 heteroatoms. The van der Waals surface area contributed by atoms with E-state index >= 15 is 0 Å². The normalized spacial score (nSPS) is 10.5. The van der Waals surface area contributed by atoms with Gasteiger partial charge in [-0.25, -0.2) is 9.97 Å². The molecule has 3 N–H and O–H groups in total. The number of imidazole rings is 1. The van der Waals surface area contributed by atoms with Gasteiger partial charge in [0.15, 0.2) is 0 Å². The summed E-state index contributed by atoms with van der Waals surface area (Å²) in [7, 11) is 0. The predicted molar refractivity (Wildman–Crippen MR) is 101 cm³/mol. The molecule has 0 unspecified atom stereocenters. The Hall–Kier alpha value is -4.07. The van der Waals surface area contributed by atoms with Crippen LogP contribution in [0.4, 0.5) is 11.5 Å². The fourth-order valence-corrected chi connectivity index (χ4v) is 2.60. The Morgan fingerprint density at radius 3 is 2.59 bits per heavy atom. The number of carbonyl (C=O) groups is 2. The van der Waals surface area contributed by atoms with Crippen molar-refractivity contribution in [2.45, 2.75) is 0 Å². The van der Waals surface area contributed by atoms with Gasteiger partial charge in [0, 0.05) is 35.3 Å². The largest absolute Gasteiger partial charge is 0.337 e. The van der Waals surface area contributed by atoms with Gasteiger partial charge in [-0.3, -0.25) is 14.6 Å². The first-order valence-electron chi connectivity index (χ1n) is 8.11. The Bertz CT molecular complexity index is 1110. The maximum absolute atomic E-state index is 12.2. The van der Waals surface area contributed by atoms with Crippen molar-refractivity contribution >= 4 is 34.9 Å². The number of nitrogens with zero attached hydrogens (tertiary/aromatic N) is 3. The molecule has 8 nitrogen and oxygen atoms in total. The number of amides is 2. The molecule has 0 aliphatic heterocycles. The summed E-state index contributed by atoms with van der Waals surface area (Å²) in [5.41, 5.74) is 3.53. The third kappa shape index (κ3) is 3.49. The first-order valence-corrected chi connectivity index (χ1v) is 8.11. The van der Waals surface area contributed by atoms with E-state index in [0.29, 0.717) is 34.8 Å². The molecule has 2 amide bonds. The summed E-state index contributed by atoms with van der Waals surface area (Å²) in [6.07, 6.45) is 5.33. The maximum atomic E-state index is 12.2. The van der Waals surface area contributed by atoms with Gasteiger partial charge in [-0.1, -0.05) is 0 Å². The number of hydrogen-bond donors (Lipinski definition) is 3. The minimum atomic E-state index is -0.199. The van der Waals surface area contributed by atoms with Crippen LogP contribution in [0.2, 0.25) is 0 Å². The van der Waals surface area contributed by atoms with Crippen LogP contribution in [0.1, 0.15) is 10.4 Å². The molecule has 4 aromatic rings. The average molecular weight is 358 g/mol. The van der Waals surface area contributed by atoms with Gasteiger partial charge in [-0.05, 0) is 36.4 Å². The fourth-order valence-electron chi connectivity index (χ4n) is 2.60. The summed E-state index contributed by atoms with van der Waals surface area (Å²) in [5, 5.41) is 5.33. The molecule has 27 heavy (non-hydrogen) atoms. The summed E-state index contributed by atoms with van der Waals surface area (Å²) in [6, 6.07) is 12.3. The van der Waals surface area contributed by atoms with Gasteiger partial charge < -0.3 is 15.6 Å². The molecule has 0 fully saturated rings. The van der Waals surface area contributed by atoms with Crippen molar-refractivity contribution in [3.8, 4) is 11.4 Å². The van der Waals surface area contributed by atoms with Crippen LogP contribution in [-0.4, -0.2) is 32.3 Å². The highest BCUT2D eigenvalue weighted by atomic mass is 16.1. The highest BCUT2D eigenvalue weighted by molar-refractivity contribution is 6.04. The molecule has 3 aromatic heterocycles. The fraction of sp³-hybridized carbons (Fsp3) is 0. The van der Waals surface area contributed by atoms with Gasteiger partial charge in [-0.2, -0.15) is 0 Å². The van der Waals surface area contributed by atoms with E-state index in [4.69, 9.17) is 0 Å². The molecule has 0 saturated carbocycles. The van der Waals surface area contributed by atoms with E-state index in [0.717, 1.165) is 11.1 Å². The molecule has 4 rings (SSSR count). The number of nitrogens with one attached hydrogen (secondary N) is 3. The summed E-state index contributed by atoms with van der Waals surface area (Å²) in [6.45, 7) is 0. The number of aromatic amines is 1. The molecular formula is C19H14N6O2. The van der Waals surface area contributed by atoms with Gasteiger partial charge in [0.25, 0.3) is 5.91 Å². The van der Waals surface area contributed by atoms with E-state index in [-0.39, 0.29) is 5.91 Å². The number of rotatable bonds is 5. The Morgan fingerprint density at radius 2 is 1.85 bits per heavy atom. The third-order valence-corrected chi connectivity index (χ3v) is 3.93. The Balaban J connectivity index is 1.54. The SMILES string of the molecule is O=CNc1cc2nc(-c3ccc(NC(=O)c4ccncc4)cc3)[nH]c2cn1. The third-order valence-electron chi connectivity index (χ3n) is 3.93. The van der Waals surface area contributed by atoms with Crippen LogP contribution in [0, 0.1) is 0 Å². The molecule has 0 atom stereocenters. The molecule has 0 aliphatic carbocycles. The molecular weight excluding hydrogens is 344 g/mol. The lowest BCUT2D eigenvalue weighted by Crippen LogP contribution is -2.11. The van der Waals surface area contributed by atoms with Crippen LogP contribution in [-0.2, 0) is 4.79 Å². The molecule has 0 radical (unpaired) electrons. The van der Waals surface area contributed by atoms with Crippen molar-refractivity contribution in [1.82, 2.24) is 19.9 Å². The zero-order chi connectivity index (χ0) is 18.6. The first kappa shape index (κ1) is 16.4. The predicted octanol–water partition coefficient (Wildman–Crippen LogP) is 2.84.